The molecule has 1 aliphatic heterocycles. The summed E-state index contributed by atoms with van der Waals surface area (Å²) in [5.74, 6) is -0.254. The molecule has 0 spiro atoms. The van der Waals surface area contributed by atoms with Gasteiger partial charge in [0.2, 0.25) is 0 Å². The Morgan fingerprint density at radius 2 is 1.77 bits per heavy atom. The Labute approximate surface area is 188 Å². The third-order valence-electron chi connectivity index (χ3n) is 4.63. The van der Waals surface area contributed by atoms with Gasteiger partial charge in [0.15, 0.2) is 0 Å². The van der Waals surface area contributed by atoms with Gasteiger partial charge in [0.05, 0.1) is 11.4 Å². The Bertz CT molecular complexity index is 1160. The van der Waals surface area contributed by atoms with E-state index in [9.17, 15) is 14.0 Å². The van der Waals surface area contributed by atoms with Crippen LogP contribution >= 0.6 is 23.4 Å². The molecule has 156 valence electrons. The predicted octanol–water partition coefficient (Wildman–Crippen LogP) is 6.29. The molecule has 0 aliphatic carbocycles. The lowest BCUT2D eigenvalue weighted by Crippen LogP contribution is -2.27. The second-order valence-corrected chi connectivity index (χ2v) is 8.28. The summed E-state index contributed by atoms with van der Waals surface area (Å²) in [4.78, 5) is 26.4. The summed E-state index contributed by atoms with van der Waals surface area (Å²) in [6.45, 7) is 0.276. The van der Waals surface area contributed by atoms with Crippen LogP contribution < -0.4 is 4.74 Å². The molecule has 3 aromatic rings. The van der Waals surface area contributed by atoms with Crippen LogP contribution in [0.3, 0.4) is 0 Å². The van der Waals surface area contributed by atoms with Crippen LogP contribution in [0.4, 0.5) is 9.18 Å². The highest BCUT2D eigenvalue weighted by atomic mass is 35.5. The average molecular weight is 454 g/mol. The number of thioether (sulfide) groups is 1. The summed E-state index contributed by atoms with van der Waals surface area (Å²) < 4.78 is 19.7. The molecule has 0 atom stereocenters. The molecule has 2 amide bonds. The van der Waals surface area contributed by atoms with Crippen molar-refractivity contribution in [1.29, 1.82) is 0 Å². The minimum Gasteiger partial charge on any atom is -0.489 e. The highest BCUT2D eigenvalue weighted by Gasteiger charge is 2.35. The van der Waals surface area contributed by atoms with Crippen molar-refractivity contribution in [3.05, 3.63) is 105 Å². The van der Waals surface area contributed by atoms with Crippen molar-refractivity contribution in [1.82, 2.24) is 4.90 Å². The summed E-state index contributed by atoms with van der Waals surface area (Å²) in [6, 6.07) is 20.7. The summed E-state index contributed by atoms with van der Waals surface area (Å²) in [5.41, 5.74) is 2.00. The molecule has 0 bridgehead atoms. The Balaban J connectivity index is 1.46. The zero-order valence-corrected chi connectivity index (χ0v) is 17.8. The van der Waals surface area contributed by atoms with Gasteiger partial charge in [-0.25, -0.2) is 4.39 Å². The second kappa shape index (κ2) is 9.37. The van der Waals surface area contributed by atoms with Crippen molar-refractivity contribution in [3.63, 3.8) is 0 Å². The molecule has 0 unspecified atom stereocenters. The van der Waals surface area contributed by atoms with Crippen LogP contribution in [-0.4, -0.2) is 16.0 Å². The average Bonchev–Trinajstić information content (AvgIpc) is 3.02. The number of benzene rings is 3. The molecule has 0 saturated carbocycles. The minimum absolute atomic E-state index is 0.0983. The number of carbonyl (C=O) groups is 2. The van der Waals surface area contributed by atoms with Gasteiger partial charge in [-0.15, -0.1) is 0 Å². The lowest BCUT2D eigenvalue weighted by molar-refractivity contribution is -0.123. The maximum Gasteiger partial charge on any atom is 0.293 e. The maximum absolute atomic E-state index is 13.9. The van der Waals surface area contributed by atoms with Crippen LogP contribution in [-0.2, 0) is 17.9 Å². The number of hydrogen-bond acceptors (Lipinski definition) is 4. The van der Waals surface area contributed by atoms with Gasteiger partial charge in [-0.05, 0) is 59.3 Å². The molecule has 3 aromatic carbocycles. The predicted molar refractivity (Wildman–Crippen MR) is 120 cm³/mol. The molecule has 1 fully saturated rings. The van der Waals surface area contributed by atoms with Crippen molar-refractivity contribution in [2.24, 2.45) is 0 Å². The third kappa shape index (κ3) is 5.16. The number of amides is 2. The molecule has 1 saturated heterocycles. The number of imide groups is 1. The Morgan fingerprint density at radius 3 is 2.55 bits per heavy atom. The standard InChI is InChI=1S/C24H17ClFNO3S/c25-19-10-8-16(9-11-19)15-30-20-6-3-4-17(12-20)13-22-23(28)27(24(29)31-22)14-18-5-1-2-7-21(18)26/h1-13H,14-15H2/b22-13-. The molecular weight excluding hydrogens is 437 g/mol. The van der Waals surface area contributed by atoms with E-state index in [4.69, 9.17) is 16.3 Å². The van der Waals surface area contributed by atoms with Gasteiger partial charge in [0, 0.05) is 10.6 Å². The minimum atomic E-state index is -0.448. The van der Waals surface area contributed by atoms with E-state index in [1.54, 1.807) is 42.5 Å². The van der Waals surface area contributed by atoms with Gasteiger partial charge in [-0.3, -0.25) is 14.5 Å². The summed E-state index contributed by atoms with van der Waals surface area (Å²) >= 11 is 6.74. The van der Waals surface area contributed by atoms with Crippen LogP contribution in [0.25, 0.3) is 6.08 Å². The SMILES string of the molecule is O=C1S/C(=C\c2cccc(OCc3ccc(Cl)cc3)c2)C(=O)N1Cc1ccccc1F. The first-order chi connectivity index (χ1) is 15.0. The smallest absolute Gasteiger partial charge is 0.293 e. The molecule has 1 aliphatic rings. The van der Waals surface area contributed by atoms with E-state index in [0.29, 0.717) is 22.9 Å². The molecular formula is C24H17ClFNO3S. The van der Waals surface area contributed by atoms with E-state index in [0.717, 1.165) is 27.8 Å². The quantitative estimate of drug-likeness (QED) is 0.411. The van der Waals surface area contributed by atoms with E-state index >= 15 is 0 Å². The fourth-order valence-electron chi connectivity index (χ4n) is 3.03. The largest absolute Gasteiger partial charge is 0.489 e. The van der Waals surface area contributed by atoms with Gasteiger partial charge in [0.1, 0.15) is 18.2 Å². The van der Waals surface area contributed by atoms with Crippen molar-refractivity contribution in [3.8, 4) is 5.75 Å². The lowest BCUT2D eigenvalue weighted by Gasteiger charge is -2.12. The van der Waals surface area contributed by atoms with E-state index in [-0.39, 0.29) is 11.4 Å². The van der Waals surface area contributed by atoms with Gasteiger partial charge < -0.3 is 4.74 Å². The zero-order valence-electron chi connectivity index (χ0n) is 16.3. The van der Waals surface area contributed by atoms with Gasteiger partial charge in [-0.1, -0.05) is 54.1 Å². The Hall–Kier alpha value is -3.09. The molecule has 0 radical (unpaired) electrons. The van der Waals surface area contributed by atoms with Crippen LogP contribution in [0.1, 0.15) is 16.7 Å². The van der Waals surface area contributed by atoms with Gasteiger partial charge in [0.25, 0.3) is 11.1 Å². The summed E-state index contributed by atoms with van der Waals surface area (Å²) in [6.07, 6.45) is 1.64. The molecule has 31 heavy (non-hydrogen) atoms. The molecule has 4 nitrogen and oxygen atoms in total. The van der Waals surface area contributed by atoms with E-state index in [2.05, 4.69) is 0 Å². The molecule has 7 heteroatoms. The normalized spacial score (nSPS) is 15.0. The Morgan fingerprint density at radius 1 is 1.00 bits per heavy atom. The van der Waals surface area contributed by atoms with Crippen LogP contribution in [0.5, 0.6) is 5.75 Å². The van der Waals surface area contributed by atoms with Crippen molar-refractivity contribution in [2.75, 3.05) is 0 Å². The fourth-order valence-corrected chi connectivity index (χ4v) is 3.99. The first-order valence-electron chi connectivity index (χ1n) is 9.46. The van der Waals surface area contributed by atoms with Crippen LogP contribution in [0.2, 0.25) is 5.02 Å². The van der Waals surface area contributed by atoms with Crippen molar-refractivity contribution >= 4 is 40.6 Å². The number of halogens is 2. The molecule has 0 aromatic heterocycles. The molecule has 4 rings (SSSR count). The zero-order chi connectivity index (χ0) is 21.8. The molecule has 1 heterocycles. The second-order valence-electron chi connectivity index (χ2n) is 6.85. The maximum atomic E-state index is 13.9. The first-order valence-corrected chi connectivity index (χ1v) is 10.6. The topological polar surface area (TPSA) is 46.6 Å². The number of rotatable bonds is 6. The van der Waals surface area contributed by atoms with E-state index in [1.165, 1.54) is 6.07 Å². The Kier molecular flexibility index (Phi) is 6.39. The number of carbonyl (C=O) groups excluding carboxylic acids is 2. The lowest BCUT2D eigenvalue weighted by atomic mass is 10.2. The summed E-state index contributed by atoms with van der Waals surface area (Å²) in [5, 5.41) is 0.240. The van der Waals surface area contributed by atoms with Gasteiger partial charge >= 0.3 is 0 Å². The van der Waals surface area contributed by atoms with Crippen LogP contribution in [0.15, 0.2) is 77.7 Å². The highest BCUT2D eigenvalue weighted by molar-refractivity contribution is 8.18. The first kappa shape index (κ1) is 21.2. The monoisotopic (exact) mass is 453 g/mol. The van der Waals surface area contributed by atoms with E-state index < -0.39 is 17.0 Å². The number of ether oxygens (including phenoxy) is 1. The number of hydrogen-bond donors (Lipinski definition) is 0. The van der Waals surface area contributed by atoms with Crippen LogP contribution in [0, 0.1) is 5.82 Å². The highest BCUT2D eigenvalue weighted by Crippen LogP contribution is 2.34. The summed E-state index contributed by atoms with van der Waals surface area (Å²) in [7, 11) is 0. The fraction of sp³-hybridized carbons (Fsp3) is 0.0833. The number of nitrogens with zero attached hydrogens (tertiary/aromatic N) is 1. The van der Waals surface area contributed by atoms with Crippen molar-refractivity contribution < 1.29 is 18.7 Å². The van der Waals surface area contributed by atoms with E-state index in [1.807, 2.05) is 30.3 Å². The van der Waals surface area contributed by atoms with Crippen molar-refractivity contribution in [2.45, 2.75) is 13.2 Å². The molecule has 0 N–H and O–H groups in total. The third-order valence-corrected chi connectivity index (χ3v) is 5.79. The van der Waals surface area contributed by atoms with Gasteiger partial charge in [-0.2, -0.15) is 0 Å².